The van der Waals surface area contributed by atoms with Crippen LogP contribution in [0.3, 0.4) is 0 Å². The molecule has 16 heavy (non-hydrogen) atoms. The number of Topliss-reactive ketones (excluding diaryl/α,β-unsaturated/α-hetero) is 1. The lowest BCUT2D eigenvalue weighted by molar-refractivity contribution is 0.101. The standard InChI is InChI=1S/C13H11NO2/c1-9(15)10-2-4-11(5-3-10)12-6-13(16)8-14-7-12/h2-8,16H,1H3. The minimum atomic E-state index is 0.0422. The number of rotatable bonds is 2. The molecular weight excluding hydrogens is 202 g/mol. The molecule has 2 aromatic rings. The predicted molar refractivity (Wildman–Crippen MR) is 61.3 cm³/mol. The van der Waals surface area contributed by atoms with Crippen LogP contribution in [0.5, 0.6) is 5.75 Å². The highest BCUT2D eigenvalue weighted by Crippen LogP contribution is 2.22. The van der Waals surface area contributed by atoms with Crippen molar-refractivity contribution in [2.45, 2.75) is 6.92 Å². The number of nitrogens with zero attached hydrogens (tertiary/aromatic N) is 1. The summed E-state index contributed by atoms with van der Waals surface area (Å²) in [6, 6.07) is 8.85. The number of benzene rings is 1. The summed E-state index contributed by atoms with van der Waals surface area (Å²) >= 11 is 0. The van der Waals surface area contributed by atoms with Crippen LogP contribution in [0, 0.1) is 0 Å². The van der Waals surface area contributed by atoms with E-state index in [1.54, 1.807) is 24.4 Å². The van der Waals surface area contributed by atoms with E-state index in [1.165, 1.54) is 13.1 Å². The zero-order chi connectivity index (χ0) is 11.5. The van der Waals surface area contributed by atoms with Crippen molar-refractivity contribution in [3.8, 4) is 16.9 Å². The van der Waals surface area contributed by atoms with E-state index in [1.807, 2.05) is 12.1 Å². The van der Waals surface area contributed by atoms with E-state index < -0.39 is 0 Å². The molecule has 0 saturated heterocycles. The summed E-state index contributed by atoms with van der Waals surface area (Å²) in [6.45, 7) is 1.53. The molecule has 0 aliphatic heterocycles. The Balaban J connectivity index is 2.38. The summed E-state index contributed by atoms with van der Waals surface area (Å²) in [7, 11) is 0. The molecule has 2 rings (SSSR count). The molecule has 0 saturated carbocycles. The predicted octanol–water partition coefficient (Wildman–Crippen LogP) is 2.66. The van der Waals surface area contributed by atoms with Crippen LogP contribution in [0.1, 0.15) is 17.3 Å². The van der Waals surface area contributed by atoms with Crippen molar-refractivity contribution in [3.63, 3.8) is 0 Å². The number of ketones is 1. The third-order valence-corrected chi connectivity index (χ3v) is 2.35. The molecule has 0 amide bonds. The normalized spacial score (nSPS) is 10.1. The maximum absolute atomic E-state index is 11.1. The van der Waals surface area contributed by atoms with Gasteiger partial charge in [0.2, 0.25) is 0 Å². The first kappa shape index (κ1) is 10.4. The van der Waals surface area contributed by atoms with E-state index in [9.17, 15) is 9.90 Å². The minimum absolute atomic E-state index is 0.0422. The fourth-order valence-electron chi connectivity index (χ4n) is 1.48. The van der Waals surface area contributed by atoms with Crippen LogP contribution in [-0.4, -0.2) is 15.9 Å². The van der Waals surface area contributed by atoms with Crippen molar-refractivity contribution >= 4 is 5.78 Å². The lowest BCUT2D eigenvalue weighted by Crippen LogP contribution is -1.90. The number of carbonyl (C=O) groups excluding carboxylic acids is 1. The summed E-state index contributed by atoms with van der Waals surface area (Å²) in [5, 5.41) is 9.30. The van der Waals surface area contributed by atoms with Gasteiger partial charge in [-0.1, -0.05) is 24.3 Å². The van der Waals surface area contributed by atoms with Crippen molar-refractivity contribution in [2.24, 2.45) is 0 Å². The molecule has 0 unspecified atom stereocenters. The van der Waals surface area contributed by atoms with Gasteiger partial charge in [0.15, 0.2) is 5.78 Å². The fourth-order valence-corrected chi connectivity index (χ4v) is 1.48. The molecule has 3 nitrogen and oxygen atoms in total. The zero-order valence-electron chi connectivity index (χ0n) is 8.84. The first-order chi connectivity index (χ1) is 7.66. The molecule has 1 N–H and O–H groups in total. The maximum Gasteiger partial charge on any atom is 0.159 e. The minimum Gasteiger partial charge on any atom is -0.506 e. The second kappa shape index (κ2) is 4.14. The molecule has 1 aromatic heterocycles. The largest absolute Gasteiger partial charge is 0.506 e. The molecule has 80 valence electrons. The average Bonchev–Trinajstić information content (AvgIpc) is 2.29. The Morgan fingerprint density at radius 1 is 1.12 bits per heavy atom. The number of carbonyl (C=O) groups is 1. The van der Waals surface area contributed by atoms with Crippen molar-refractivity contribution in [1.29, 1.82) is 0 Å². The van der Waals surface area contributed by atoms with Crippen molar-refractivity contribution < 1.29 is 9.90 Å². The number of aromatic hydroxyl groups is 1. The molecule has 1 aromatic carbocycles. The Morgan fingerprint density at radius 3 is 2.38 bits per heavy atom. The Hall–Kier alpha value is -2.16. The molecule has 0 radical (unpaired) electrons. The van der Waals surface area contributed by atoms with Crippen molar-refractivity contribution in [1.82, 2.24) is 4.98 Å². The SMILES string of the molecule is CC(=O)c1ccc(-c2cncc(O)c2)cc1. The summed E-state index contributed by atoms with van der Waals surface area (Å²) in [6.07, 6.45) is 3.05. The van der Waals surface area contributed by atoms with Crippen molar-refractivity contribution in [2.75, 3.05) is 0 Å². The van der Waals surface area contributed by atoms with E-state index in [2.05, 4.69) is 4.98 Å². The van der Waals surface area contributed by atoms with Crippen LogP contribution in [0.2, 0.25) is 0 Å². The van der Waals surface area contributed by atoms with Gasteiger partial charge in [0.1, 0.15) is 5.75 Å². The average molecular weight is 213 g/mol. The third kappa shape index (κ3) is 2.08. The summed E-state index contributed by atoms with van der Waals surface area (Å²) in [4.78, 5) is 15.0. The molecule has 1 heterocycles. The van der Waals surface area contributed by atoms with Gasteiger partial charge >= 0.3 is 0 Å². The van der Waals surface area contributed by atoms with Crippen LogP contribution in [0.15, 0.2) is 42.7 Å². The Labute approximate surface area is 93.4 Å². The van der Waals surface area contributed by atoms with Gasteiger partial charge in [-0.3, -0.25) is 9.78 Å². The second-order valence-electron chi connectivity index (χ2n) is 3.57. The first-order valence-electron chi connectivity index (χ1n) is 4.92. The molecule has 0 aliphatic rings. The van der Waals surface area contributed by atoms with E-state index in [4.69, 9.17) is 0 Å². The molecule has 0 bridgehead atoms. The first-order valence-corrected chi connectivity index (χ1v) is 4.92. The summed E-state index contributed by atoms with van der Waals surface area (Å²) < 4.78 is 0. The number of hydrogen-bond acceptors (Lipinski definition) is 3. The Kier molecular flexibility index (Phi) is 2.68. The smallest absolute Gasteiger partial charge is 0.159 e. The molecule has 3 heteroatoms. The van der Waals surface area contributed by atoms with Gasteiger partial charge in [0.05, 0.1) is 6.20 Å². The highest BCUT2D eigenvalue weighted by molar-refractivity contribution is 5.94. The van der Waals surface area contributed by atoms with Gasteiger partial charge in [-0.2, -0.15) is 0 Å². The van der Waals surface area contributed by atoms with Crippen LogP contribution in [0.25, 0.3) is 11.1 Å². The lowest BCUT2D eigenvalue weighted by atomic mass is 10.0. The number of aromatic nitrogens is 1. The van der Waals surface area contributed by atoms with E-state index >= 15 is 0 Å². The monoisotopic (exact) mass is 213 g/mol. The third-order valence-electron chi connectivity index (χ3n) is 2.35. The molecular formula is C13H11NO2. The van der Waals surface area contributed by atoms with Crippen LogP contribution >= 0.6 is 0 Å². The molecule has 0 fully saturated rings. The molecule has 0 spiro atoms. The number of pyridine rings is 1. The summed E-state index contributed by atoms with van der Waals surface area (Å²) in [5.41, 5.74) is 2.43. The summed E-state index contributed by atoms with van der Waals surface area (Å²) in [5.74, 6) is 0.175. The van der Waals surface area contributed by atoms with Gasteiger partial charge in [-0.15, -0.1) is 0 Å². The van der Waals surface area contributed by atoms with E-state index in [0.717, 1.165) is 11.1 Å². The van der Waals surface area contributed by atoms with Gasteiger partial charge in [0.25, 0.3) is 0 Å². The Morgan fingerprint density at radius 2 is 1.81 bits per heavy atom. The van der Waals surface area contributed by atoms with E-state index in [0.29, 0.717) is 5.56 Å². The molecule has 0 aliphatic carbocycles. The number of hydrogen-bond donors (Lipinski definition) is 1. The fraction of sp³-hybridized carbons (Fsp3) is 0.0769. The quantitative estimate of drug-likeness (QED) is 0.780. The van der Waals surface area contributed by atoms with Gasteiger partial charge < -0.3 is 5.11 Å². The topological polar surface area (TPSA) is 50.2 Å². The lowest BCUT2D eigenvalue weighted by Gasteiger charge is -2.02. The highest BCUT2D eigenvalue weighted by Gasteiger charge is 2.01. The Bertz CT molecular complexity index is 518. The van der Waals surface area contributed by atoms with E-state index in [-0.39, 0.29) is 11.5 Å². The van der Waals surface area contributed by atoms with Gasteiger partial charge in [-0.25, -0.2) is 0 Å². The zero-order valence-corrected chi connectivity index (χ0v) is 8.84. The second-order valence-corrected chi connectivity index (χ2v) is 3.57. The van der Waals surface area contributed by atoms with Gasteiger partial charge in [0, 0.05) is 17.3 Å². The van der Waals surface area contributed by atoms with Crippen LogP contribution in [0.4, 0.5) is 0 Å². The molecule has 0 atom stereocenters. The van der Waals surface area contributed by atoms with Gasteiger partial charge in [-0.05, 0) is 18.6 Å². The van der Waals surface area contributed by atoms with Crippen molar-refractivity contribution in [3.05, 3.63) is 48.3 Å². The van der Waals surface area contributed by atoms with Crippen LogP contribution < -0.4 is 0 Å². The highest BCUT2D eigenvalue weighted by atomic mass is 16.3. The van der Waals surface area contributed by atoms with Crippen LogP contribution in [-0.2, 0) is 0 Å². The maximum atomic E-state index is 11.1.